The summed E-state index contributed by atoms with van der Waals surface area (Å²) < 4.78 is 2.06. The third-order valence-electron chi connectivity index (χ3n) is 3.03. The Bertz CT molecular complexity index is 305. The maximum atomic E-state index is 5.81. The zero-order valence-corrected chi connectivity index (χ0v) is 12.0. The third kappa shape index (κ3) is 4.68. The molecule has 0 aliphatic rings. The second-order valence-corrected chi connectivity index (χ2v) is 4.89. The second-order valence-electron chi connectivity index (χ2n) is 4.51. The van der Waals surface area contributed by atoms with Crippen LogP contribution < -0.4 is 0 Å². The minimum absolute atomic E-state index is 0.483. The molecule has 0 aliphatic carbocycles. The molecule has 98 valence electrons. The Hall–Kier alpha value is -0.540. The van der Waals surface area contributed by atoms with Crippen molar-refractivity contribution < 1.29 is 0 Å². The molecule has 0 aromatic carbocycles. The van der Waals surface area contributed by atoms with Gasteiger partial charge < -0.3 is 0 Å². The number of hydrogen-bond acceptors (Lipinski definition) is 2. The fraction of sp³-hybridized carbons (Fsp3) is 0.769. The van der Waals surface area contributed by atoms with Gasteiger partial charge in [0.1, 0.15) is 0 Å². The molecule has 0 bridgehead atoms. The topological polar surface area (TPSA) is 21.1 Å². The van der Waals surface area contributed by atoms with E-state index in [9.17, 15) is 0 Å². The van der Waals surface area contributed by atoms with Crippen LogP contribution in [0.4, 0.5) is 0 Å². The summed E-state index contributed by atoms with van der Waals surface area (Å²) >= 11 is 5.81. The molecule has 1 atom stereocenters. The van der Waals surface area contributed by atoms with Crippen LogP contribution >= 0.6 is 11.6 Å². The number of rotatable bonds is 8. The summed E-state index contributed by atoms with van der Waals surface area (Å²) in [6.45, 7) is 9.50. The molecule has 0 saturated heterocycles. The monoisotopic (exact) mass is 257 g/mol. The highest BCUT2D eigenvalue weighted by molar-refractivity contribution is 6.18. The van der Waals surface area contributed by atoms with Crippen LogP contribution in [0.5, 0.6) is 0 Å². The molecule has 1 unspecified atom stereocenters. The highest BCUT2D eigenvalue weighted by Crippen LogP contribution is 2.10. The van der Waals surface area contributed by atoms with E-state index in [0.717, 1.165) is 38.2 Å². The van der Waals surface area contributed by atoms with Crippen molar-refractivity contribution in [1.29, 1.82) is 0 Å². The van der Waals surface area contributed by atoms with Gasteiger partial charge in [-0.15, -0.1) is 11.6 Å². The van der Waals surface area contributed by atoms with Crippen molar-refractivity contribution in [2.24, 2.45) is 0 Å². The van der Waals surface area contributed by atoms with Gasteiger partial charge in [-0.05, 0) is 32.4 Å². The van der Waals surface area contributed by atoms with E-state index in [1.54, 1.807) is 0 Å². The largest absolute Gasteiger partial charge is 0.296 e. The molecule has 0 aliphatic heterocycles. The van der Waals surface area contributed by atoms with Gasteiger partial charge in [-0.25, -0.2) is 0 Å². The lowest BCUT2D eigenvalue weighted by Crippen LogP contribution is -2.26. The molecule has 1 heterocycles. The first kappa shape index (κ1) is 14.5. The normalized spacial score (nSPS) is 13.2. The summed E-state index contributed by atoms with van der Waals surface area (Å²) in [4.78, 5) is 2.36. The van der Waals surface area contributed by atoms with Crippen LogP contribution in [0.25, 0.3) is 0 Å². The lowest BCUT2D eigenvalue weighted by atomic mass is 10.3. The number of hydrogen-bond donors (Lipinski definition) is 0. The molecule has 1 aromatic rings. The first-order chi connectivity index (χ1) is 8.21. The van der Waals surface area contributed by atoms with Gasteiger partial charge in [0.2, 0.25) is 0 Å². The zero-order valence-electron chi connectivity index (χ0n) is 11.2. The summed E-state index contributed by atoms with van der Waals surface area (Å²) in [5.41, 5.74) is 1.14. The van der Waals surface area contributed by atoms with Gasteiger partial charge in [0, 0.05) is 31.2 Å². The molecule has 0 fully saturated rings. The lowest BCUT2D eigenvalue weighted by Gasteiger charge is -2.19. The Balaban J connectivity index is 2.56. The van der Waals surface area contributed by atoms with E-state index in [2.05, 4.69) is 47.7 Å². The van der Waals surface area contributed by atoms with Crippen molar-refractivity contribution in [3.8, 4) is 0 Å². The van der Waals surface area contributed by atoms with Crippen molar-refractivity contribution in [1.82, 2.24) is 14.7 Å². The Morgan fingerprint density at radius 1 is 1.41 bits per heavy atom. The van der Waals surface area contributed by atoms with E-state index in [1.165, 1.54) is 0 Å². The second kappa shape index (κ2) is 7.72. The smallest absolute Gasteiger partial charge is 0.0764 e. The maximum Gasteiger partial charge on any atom is 0.0764 e. The van der Waals surface area contributed by atoms with Gasteiger partial charge in [0.15, 0.2) is 0 Å². The minimum Gasteiger partial charge on any atom is -0.296 e. The van der Waals surface area contributed by atoms with Gasteiger partial charge in [-0.1, -0.05) is 13.8 Å². The highest BCUT2D eigenvalue weighted by atomic mass is 35.5. The first-order valence-electron chi connectivity index (χ1n) is 6.53. The summed E-state index contributed by atoms with van der Waals surface area (Å²) in [6.07, 6.45) is 4.35. The van der Waals surface area contributed by atoms with Gasteiger partial charge in [-0.2, -0.15) is 5.10 Å². The zero-order chi connectivity index (χ0) is 12.7. The van der Waals surface area contributed by atoms with Crippen molar-refractivity contribution in [2.45, 2.75) is 46.2 Å². The van der Waals surface area contributed by atoms with E-state index < -0.39 is 0 Å². The SMILES string of the molecule is CCCN(CCCl)Cc1ccn(C(C)CC)n1. The van der Waals surface area contributed by atoms with Crippen LogP contribution in [0, 0.1) is 0 Å². The lowest BCUT2D eigenvalue weighted by molar-refractivity contribution is 0.277. The predicted molar refractivity (Wildman–Crippen MR) is 73.5 cm³/mol. The van der Waals surface area contributed by atoms with Gasteiger partial charge in [0.05, 0.1) is 5.69 Å². The number of aromatic nitrogens is 2. The Morgan fingerprint density at radius 3 is 2.76 bits per heavy atom. The van der Waals surface area contributed by atoms with E-state index in [0.29, 0.717) is 11.9 Å². The average molecular weight is 258 g/mol. The van der Waals surface area contributed by atoms with Crippen molar-refractivity contribution in [2.75, 3.05) is 19.0 Å². The van der Waals surface area contributed by atoms with Crippen LogP contribution in [0.15, 0.2) is 12.3 Å². The number of nitrogens with zero attached hydrogens (tertiary/aromatic N) is 3. The molecule has 3 nitrogen and oxygen atoms in total. The molecule has 0 radical (unpaired) electrons. The van der Waals surface area contributed by atoms with Crippen molar-refractivity contribution in [3.63, 3.8) is 0 Å². The fourth-order valence-corrected chi connectivity index (χ4v) is 2.07. The molecule has 1 rings (SSSR count). The standard InChI is InChI=1S/C13H24ClN3/c1-4-8-16(10-7-14)11-13-6-9-17(15-13)12(3)5-2/h6,9,12H,4-5,7-8,10-11H2,1-3H3. The maximum absolute atomic E-state index is 5.81. The van der Waals surface area contributed by atoms with E-state index in [4.69, 9.17) is 11.6 Å². The van der Waals surface area contributed by atoms with E-state index in [1.807, 2.05) is 0 Å². The van der Waals surface area contributed by atoms with Gasteiger partial charge in [-0.3, -0.25) is 9.58 Å². The summed E-state index contributed by atoms with van der Waals surface area (Å²) in [5.74, 6) is 0.687. The molecule has 17 heavy (non-hydrogen) atoms. The number of alkyl halides is 1. The Morgan fingerprint density at radius 2 is 2.18 bits per heavy atom. The summed E-state index contributed by atoms with van der Waals surface area (Å²) in [6, 6.07) is 2.60. The Kier molecular flexibility index (Phi) is 6.60. The molecule has 4 heteroatoms. The Labute approximate surface area is 110 Å². The van der Waals surface area contributed by atoms with Gasteiger partial charge >= 0.3 is 0 Å². The molecular formula is C13H24ClN3. The molecule has 1 aromatic heterocycles. The average Bonchev–Trinajstić information content (AvgIpc) is 2.77. The van der Waals surface area contributed by atoms with Crippen molar-refractivity contribution in [3.05, 3.63) is 18.0 Å². The fourth-order valence-electron chi connectivity index (χ4n) is 1.83. The minimum atomic E-state index is 0.483. The van der Waals surface area contributed by atoms with Crippen LogP contribution in [0.3, 0.4) is 0 Å². The molecule has 0 spiro atoms. The summed E-state index contributed by atoms with van der Waals surface area (Å²) in [5, 5.41) is 4.62. The summed E-state index contributed by atoms with van der Waals surface area (Å²) in [7, 11) is 0. The van der Waals surface area contributed by atoms with E-state index in [-0.39, 0.29) is 0 Å². The third-order valence-corrected chi connectivity index (χ3v) is 3.20. The molecule has 0 N–H and O–H groups in total. The van der Waals surface area contributed by atoms with Crippen molar-refractivity contribution >= 4 is 11.6 Å². The van der Waals surface area contributed by atoms with Gasteiger partial charge in [0.25, 0.3) is 0 Å². The number of halogens is 1. The van der Waals surface area contributed by atoms with Crippen LogP contribution in [0.1, 0.15) is 45.3 Å². The molecule has 0 saturated carbocycles. The molecule has 0 amide bonds. The van der Waals surface area contributed by atoms with Crippen LogP contribution in [0.2, 0.25) is 0 Å². The predicted octanol–water partition coefficient (Wildman–Crippen LogP) is 3.30. The quantitative estimate of drug-likeness (QED) is 0.667. The first-order valence-corrected chi connectivity index (χ1v) is 7.07. The van der Waals surface area contributed by atoms with Crippen LogP contribution in [-0.2, 0) is 6.54 Å². The van der Waals surface area contributed by atoms with E-state index >= 15 is 0 Å². The highest BCUT2D eigenvalue weighted by Gasteiger charge is 2.08. The molecular weight excluding hydrogens is 234 g/mol. The van der Waals surface area contributed by atoms with Crippen LogP contribution in [-0.4, -0.2) is 33.6 Å².